The van der Waals surface area contributed by atoms with Crippen molar-refractivity contribution in [3.05, 3.63) is 0 Å². The standard InChI is InChI=1S/C15H26N2O6/c1-14(2,3)23-13(21)17-8-9(18)7-10(17)11(19)16-15(4,5)12(20)22-6/h9-10,18H,7-8H2,1-6H3,(H,16,19)/t9-,10+/m1/s1. The van der Waals surface area contributed by atoms with Crippen LogP contribution >= 0.6 is 0 Å². The van der Waals surface area contributed by atoms with Crippen molar-refractivity contribution in [2.45, 2.75) is 64.3 Å². The van der Waals surface area contributed by atoms with E-state index in [1.807, 2.05) is 0 Å². The van der Waals surface area contributed by atoms with Gasteiger partial charge in [0.25, 0.3) is 0 Å². The number of hydrogen-bond donors (Lipinski definition) is 2. The van der Waals surface area contributed by atoms with Crippen molar-refractivity contribution >= 4 is 18.0 Å². The zero-order valence-electron chi connectivity index (χ0n) is 14.5. The molecule has 0 aromatic rings. The molecule has 23 heavy (non-hydrogen) atoms. The molecule has 8 nitrogen and oxygen atoms in total. The van der Waals surface area contributed by atoms with E-state index in [2.05, 4.69) is 10.1 Å². The van der Waals surface area contributed by atoms with Crippen LogP contribution in [0.25, 0.3) is 0 Å². The highest BCUT2D eigenvalue weighted by atomic mass is 16.6. The first kappa shape index (κ1) is 19.2. The number of β-amino-alcohol motifs (C(OH)–C–C–N with tert-alkyl or cyclic N) is 1. The lowest BCUT2D eigenvalue weighted by Gasteiger charge is -2.30. The van der Waals surface area contributed by atoms with Crippen molar-refractivity contribution in [3.8, 4) is 0 Å². The van der Waals surface area contributed by atoms with Gasteiger partial charge in [0.1, 0.15) is 17.2 Å². The van der Waals surface area contributed by atoms with Crippen LogP contribution in [0.5, 0.6) is 0 Å². The maximum Gasteiger partial charge on any atom is 0.411 e. The highest BCUT2D eigenvalue weighted by molar-refractivity contribution is 5.91. The summed E-state index contributed by atoms with van der Waals surface area (Å²) in [6.45, 7) is 8.15. The Balaban J connectivity index is 2.85. The van der Waals surface area contributed by atoms with E-state index >= 15 is 0 Å². The van der Waals surface area contributed by atoms with Gasteiger partial charge in [0.15, 0.2) is 0 Å². The number of aliphatic hydroxyl groups excluding tert-OH is 1. The Labute approximate surface area is 136 Å². The van der Waals surface area contributed by atoms with E-state index in [9.17, 15) is 19.5 Å². The minimum atomic E-state index is -1.24. The van der Waals surface area contributed by atoms with Crippen LogP contribution in [-0.4, -0.2) is 64.9 Å². The van der Waals surface area contributed by atoms with Crippen molar-refractivity contribution in [2.75, 3.05) is 13.7 Å². The van der Waals surface area contributed by atoms with Gasteiger partial charge in [-0.3, -0.25) is 9.69 Å². The minimum absolute atomic E-state index is 0.00561. The van der Waals surface area contributed by atoms with Crippen molar-refractivity contribution in [3.63, 3.8) is 0 Å². The Morgan fingerprint density at radius 2 is 1.74 bits per heavy atom. The molecule has 0 aliphatic carbocycles. The number of carbonyl (C=O) groups excluding carboxylic acids is 3. The minimum Gasteiger partial charge on any atom is -0.467 e. The normalized spacial score (nSPS) is 21.8. The number of nitrogens with zero attached hydrogens (tertiary/aromatic N) is 1. The fraction of sp³-hybridized carbons (Fsp3) is 0.800. The third kappa shape index (κ3) is 5.09. The molecule has 0 saturated carbocycles. The number of amides is 2. The predicted octanol–water partition coefficient (Wildman–Crippen LogP) is 0.425. The van der Waals surface area contributed by atoms with Crippen molar-refractivity contribution < 1.29 is 29.0 Å². The second-order valence-corrected chi connectivity index (χ2v) is 7.14. The van der Waals surface area contributed by atoms with Gasteiger partial charge in [-0.05, 0) is 34.6 Å². The largest absolute Gasteiger partial charge is 0.467 e. The molecule has 2 N–H and O–H groups in total. The molecule has 0 bridgehead atoms. The van der Waals surface area contributed by atoms with Crippen LogP contribution < -0.4 is 5.32 Å². The Morgan fingerprint density at radius 3 is 2.22 bits per heavy atom. The summed E-state index contributed by atoms with van der Waals surface area (Å²) in [7, 11) is 1.22. The molecule has 1 heterocycles. The molecule has 2 amide bonds. The molecule has 1 fully saturated rings. The van der Waals surface area contributed by atoms with E-state index in [0.29, 0.717) is 0 Å². The number of aliphatic hydroxyl groups is 1. The molecule has 132 valence electrons. The summed E-state index contributed by atoms with van der Waals surface area (Å²) in [5.41, 5.74) is -1.95. The number of ether oxygens (including phenoxy) is 2. The van der Waals surface area contributed by atoms with Crippen LogP contribution in [0, 0.1) is 0 Å². The van der Waals surface area contributed by atoms with Gasteiger partial charge in [0.05, 0.1) is 19.8 Å². The molecule has 0 spiro atoms. The molecule has 0 radical (unpaired) electrons. The number of esters is 1. The summed E-state index contributed by atoms with van der Waals surface area (Å²) in [6.07, 6.45) is -1.41. The molecule has 8 heteroatoms. The van der Waals surface area contributed by atoms with E-state index in [4.69, 9.17) is 4.74 Å². The lowest BCUT2D eigenvalue weighted by Crippen LogP contribution is -2.56. The first-order valence-electron chi connectivity index (χ1n) is 7.45. The Hall–Kier alpha value is -1.83. The first-order chi connectivity index (χ1) is 10.4. The number of rotatable bonds is 3. The van der Waals surface area contributed by atoms with Gasteiger partial charge in [-0.2, -0.15) is 0 Å². The van der Waals surface area contributed by atoms with Gasteiger partial charge >= 0.3 is 12.1 Å². The van der Waals surface area contributed by atoms with E-state index in [1.54, 1.807) is 20.8 Å². The number of carbonyl (C=O) groups is 3. The highest BCUT2D eigenvalue weighted by Gasteiger charge is 2.43. The van der Waals surface area contributed by atoms with Gasteiger partial charge in [-0.25, -0.2) is 9.59 Å². The van der Waals surface area contributed by atoms with Gasteiger partial charge < -0.3 is 19.9 Å². The number of likely N-dealkylation sites (tertiary alicyclic amines) is 1. The average molecular weight is 330 g/mol. The van der Waals surface area contributed by atoms with Crippen LogP contribution in [0.2, 0.25) is 0 Å². The van der Waals surface area contributed by atoms with Crippen molar-refractivity contribution in [1.29, 1.82) is 0 Å². The fourth-order valence-corrected chi connectivity index (χ4v) is 2.28. The summed E-state index contributed by atoms with van der Waals surface area (Å²) >= 11 is 0. The topological polar surface area (TPSA) is 105 Å². The second-order valence-electron chi connectivity index (χ2n) is 7.14. The van der Waals surface area contributed by atoms with Gasteiger partial charge in [0, 0.05) is 6.42 Å². The van der Waals surface area contributed by atoms with E-state index in [0.717, 1.165) is 0 Å². The molecular weight excluding hydrogens is 304 g/mol. The Bertz CT molecular complexity index is 483. The second kappa shape index (κ2) is 6.74. The van der Waals surface area contributed by atoms with Gasteiger partial charge in [-0.15, -0.1) is 0 Å². The zero-order chi connectivity index (χ0) is 18.0. The van der Waals surface area contributed by atoms with E-state index in [1.165, 1.54) is 25.9 Å². The molecule has 0 unspecified atom stereocenters. The Kier molecular flexibility index (Phi) is 5.63. The smallest absolute Gasteiger partial charge is 0.411 e. The van der Waals surface area contributed by atoms with Crippen LogP contribution in [0.4, 0.5) is 4.79 Å². The van der Waals surface area contributed by atoms with E-state index in [-0.39, 0.29) is 13.0 Å². The molecule has 1 aliphatic heterocycles. The summed E-state index contributed by atoms with van der Waals surface area (Å²) in [6, 6.07) is -0.899. The van der Waals surface area contributed by atoms with Gasteiger partial charge in [0.2, 0.25) is 5.91 Å². The molecule has 0 aromatic heterocycles. The molecule has 1 aliphatic rings. The lowest BCUT2D eigenvalue weighted by atomic mass is 10.0. The molecule has 1 rings (SSSR count). The first-order valence-corrected chi connectivity index (χ1v) is 7.45. The maximum atomic E-state index is 12.4. The van der Waals surface area contributed by atoms with Crippen LogP contribution in [0.1, 0.15) is 41.0 Å². The maximum absolute atomic E-state index is 12.4. The predicted molar refractivity (Wildman–Crippen MR) is 81.6 cm³/mol. The number of hydrogen-bond acceptors (Lipinski definition) is 6. The molecule has 0 aromatic carbocycles. The summed E-state index contributed by atoms with van der Waals surface area (Å²) in [4.78, 5) is 37.5. The highest BCUT2D eigenvalue weighted by Crippen LogP contribution is 2.22. The average Bonchev–Trinajstić information content (AvgIpc) is 2.77. The van der Waals surface area contributed by atoms with Crippen molar-refractivity contribution in [1.82, 2.24) is 10.2 Å². The van der Waals surface area contributed by atoms with Gasteiger partial charge in [-0.1, -0.05) is 0 Å². The Morgan fingerprint density at radius 1 is 1.17 bits per heavy atom. The third-order valence-corrected chi connectivity index (χ3v) is 3.34. The third-order valence-electron chi connectivity index (χ3n) is 3.34. The SMILES string of the molecule is COC(=O)C(C)(C)NC(=O)[C@@H]1C[C@@H](O)CN1C(=O)OC(C)(C)C. The number of methoxy groups -OCH3 is 1. The summed E-state index contributed by atoms with van der Waals surface area (Å²) in [5.74, 6) is -1.14. The van der Waals surface area contributed by atoms with Crippen LogP contribution in [0.15, 0.2) is 0 Å². The lowest BCUT2D eigenvalue weighted by molar-refractivity contribution is -0.149. The fourth-order valence-electron chi connectivity index (χ4n) is 2.28. The number of nitrogens with one attached hydrogen (secondary N) is 1. The van der Waals surface area contributed by atoms with Crippen LogP contribution in [0.3, 0.4) is 0 Å². The van der Waals surface area contributed by atoms with Crippen LogP contribution in [-0.2, 0) is 19.1 Å². The summed E-state index contributed by atoms with van der Waals surface area (Å²) < 4.78 is 9.88. The summed E-state index contributed by atoms with van der Waals surface area (Å²) in [5, 5.41) is 12.3. The van der Waals surface area contributed by atoms with Crippen molar-refractivity contribution in [2.24, 2.45) is 0 Å². The van der Waals surface area contributed by atoms with E-state index < -0.39 is 41.3 Å². The monoisotopic (exact) mass is 330 g/mol. The zero-order valence-corrected chi connectivity index (χ0v) is 14.5. The molecule has 1 saturated heterocycles. The quantitative estimate of drug-likeness (QED) is 0.727. The molecular formula is C15H26N2O6. The molecule has 2 atom stereocenters.